The molecule has 2 N–H and O–H groups in total. The summed E-state index contributed by atoms with van der Waals surface area (Å²) in [5.41, 5.74) is 3.10. The first-order valence-corrected chi connectivity index (χ1v) is 15.9. The molecule has 0 spiro atoms. The summed E-state index contributed by atoms with van der Waals surface area (Å²) in [5, 5.41) is 13.0. The highest BCUT2D eigenvalue weighted by molar-refractivity contribution is 7.89. The molecule has 2 amide bonds. The summed E-state index contributed by atoms with van der Waals surface area (Å²) >= 11 is 0. The van der Waals surface area contributed by atoms with Crippen LogP contribution in [0.4, 0.5) is 4.79 Å². The fraction of sp³-hybridized carbons (Fsp3) is 0.394. The highest BCUT2D eigenvalue weighted by Gasteiger charge is 2.36. The molecule has 0 saturated heterocycles. The van der Waals surface area contributed by atoms with Crippen molar-refractivity contribution in [3.63, 3.8) is 0 Å². The number of carboxylic acids is 1. The topological polar surface area (TPSA) is 107 Å². The number of benzene rings is 3. The van der Waals surface area contributed by atoms with Gasteiger partial charge in [-0.05, 0) is 61.8 Å². The minimum Gasteiger partial charge on any atom is -0.480 e. The summed E-state index contributed by atoms with van der Waals surface area (Å²) in [4.78, 5) is 27.3. The van der Waals surface area contributed by atoms with Gasteiger partial charge in [0, 0.05) is 26.2 Å². The van der Waals surface area contributed by atoms with Gasteiger partial charge in [-0.3, -0.25) is 4.79 Å². The van der Waals surface area contributed by atoms with E-state index in [0.717, 1.165) is 27.4 Å². The second-order valence-electron chi connectivity index (χ2n) is 11.0. The van der Waals surface area contributed by atoms with E-state index in [1.54, 1.807) is 17.0 Å². The Morgan fingerprint density at radius 2 is 1.45 bits per heavy atom. The van der Waals surface area contributed by atoms with Crippen molar-refractivity contribution in [2.24, 2.45) is 5.92 Å². The van der Waals surface area contributed by atoms with E-state index < -0.39 is 22.0 Å². The number of urea groups is 1. The van der Waals surface area contributed by atoms with Crippen molar-refractivity contribution in [2.45, 2.75) is 63.9 Å². The third-order valence-electron chi connectivity index (χ3n) is 7.00. The van der Waals surface area contributed by atoms with Crippen LogP contribution in [0.2, 0.25) is 0 Å². The van der Waals surface area contributed by atoms with Gasteiger partial charge in [-0.15, -0.1) is 0 Å². The molecule has 3 aromatic rings. The fourth-order valence-corrected chi connectivity index (χ4v) is 6.50. The van der Waals surface area contributed by atoms with Crippen molar-refractivity contribution in [2.75, 3.05) is 19.6 Å². The minimum absolute atomic E-state index is 0.0576. The van der Waals surface area contributed by atoms with Crippen LogP contribution in [0.15, 0.2) is 89.8 Å². The van der Waals surface area contributed by atoms with Crippen molar-refractivity contribution in [3.8, 4) is 0 Å². The summed E-state index contributed by atoms with van der Waals surface area (Å²) < 4.78 is 28.1. The fourth-order valence-electron chi connectivity index (χ4n) is 4.72. The van der Waals surface area contributed by atoms with Crippen molar-refractivity contribution >= 4 is 22.0 Å². The highest BCUT2D eigenvalue weighted by atomic mass is 32.2. The number of nitrogens with one attached hydrogen (secondary N) is 1. The molecule has 0 heterocycles. The monoisotopic (exact) mass is 593 g/mol. The lowest BCUT2D eigenvalue weighted by atomic mass is 10.1. The van der Waals surface area contributed by atoms with E-state index in [9.17, 15) is 23.1 Å². The Hall–Kier alpha value is -3.69. The van der Waals surface area contributed by atoms with Crippen LogP contribution in [-0.4, -0.2) is 60.4 Å². The van der Waals surface area contributed by atoms with E-state index in [2.05, 4.69) is 5.32 Å². The zero-order valence-electron chi connectivity index (χ0n) is 24.8. The number of hydrogen-bond donors (Lipinski definition) is 2. The molecule has 0 aliphatic heterocycles. The van der Waals surface area contributed by atoms with E-state index in [1.807, 2.05) is 81.4 Å². The maximum Gasteiger partial charge on any atom is 0.322 e. The number of aryl methyl sites for hydroxylation is 1. The highest BCUT2D eigenvalue weighted by Crippen LogP contribution is 2.23. The quantitative estimate of drug-likeness (QED) is 0.207. The maximum atomic E-state index is 13.5. The third kappa shape index (κ3) is 9.99. The molecule has 3 aromatic carbocycles. The number of carbonyl (C=O) groups is 2. The molecule has 9 heteroatoms. The second-order valence-corrected chi connectivity index (χ2v) is 12.9. The third-order valence-corrected chi connectivity index (χ3v) is 8.89. The molecule has 0 unspecified atom stereocenters. The standard InChI is InChI=1S/C33H43N3O5S/c1-26(2)24-36(42(40,41)30-19-17-27(3)18-20-30)31(32(37)38)16-10-11-22-34-33(39)35(25-29-14-8-5-9-15-29)23-21-28-12-6-4-7-13-28/h4-9,12-15,17-20,26,31H,10-11,16,21-25H2,1-3H3,(H,34,39)(H,37,38)/t31-/m0/s1. The lowest BCUT2D eigenvalue weighted by Gasteiger charge is -2.29. The molecular weight excluding hydrogens is 550 g/mol. The van der Waals surface area contributed by atoms with Gasteiger partial charge in [-0.1, -0.05) is 92.2 Å². The molecule has 0 aromatic heterocycles. The molecular formula is C33H43N3O5S. The minimum atomic E-state index is -4.01. The molecule has 226 valence electrons. The van der Waals surface area contributed by atoms with E-state index in [1.165, 1.54) is 12.1 Å². The number of hydrogen-bond acceptors (Lipinski definition) is 4. The smallest absolute Gasteiger partial charge is 0.322 e. The van der Waals surface area contributed by atoms with Gasteiger partial charge in [0.2, 0.25) is 10.0 Å². The van der Waals surface area contributed by atoms with Crippen LogP contribution in [0.1, 0.15) is 49.8 Å². The Labute approximate surface area is 250 Å². The molecule has 8 nitrogen and oxygen atoms in total. The van der Waals surface area contributed by atoms with Gasteiger partial charge in [-0.2, -0.15) is 4.31 Å². The van der Waals surface area contributed by atoms with E-state index in [-0.39, 0.29) is 29.8 Å². The van der Waals surface area contributed by atoms with Crippen LogP contribution in [0.3, 0.4) is 0 Å². The van der Waals surface area contributed by atoms with E-state index in [0.29, 0.717) is 32.5 Å². The predicted molar refractivity (Wildman–Crippen MR) is 166 cm³/mol. The van der Waals surface area contributed by atoms with Crippen LogP contribution < -0.4 is 5.32 Å². The van der Waals surface area contributed by atoms with Crippen LogP contribution in [0.25, 0.3) is 0 Å². The molecule has 0 aliphatic rings. The first-order chi connectivity index (χ1) is 20.1. The van der Waals surface area contributed by atoms with Crippen LogP contribution >= 0.6 is 0 Å². The summed E-state index contributed by atoms with van der Waals surface area (Å²) in [6.07, 6.45) is 1.83. The van der Waals surface area contributed by atoms with Gasteiger partial charge in [0.15, 0.2) is 0 Å². The van der Waals surface area contributed by atoms with Crippen LogP contribution in [0, 0.1) is 12.8 Å². The number of unbranched alkanes of at least 4 members (excludes halogenated alkanes) is 1. The molecule has 0 bridgehead atoms. The first-order valence-electron chi connectivity index (χ1n) is 14.5. The molecule has 0 fully saturated rings. The number of nitrogens with zero attached hydrogens (tertiary/aromatic N) is 2. The molecule has 0 radical (unpaired) electrons. The summed E-state index contributed by atoms with van der Waals surface area (Å²) in [7, 11) is -4.01. The van der Waals surface area contributed by atoms with Crippen LogP contribution in [0.5, 0.6) is 0 Å². The van der Waals surface area contributed by atoms with Gasteiger partial charge in [-0.25, -0.2) is 13.2 Å². The number of carbonyl (C=O) groups excluding carboxylic acids is 1. The molecule has 42 heavy (non-hydrogen) atoms. The van der Waals surface area contributed by atoms with E-state index >= 15 is 0 Å². The van der Waals surface area contributed by atoms with Crippen molar-refractivity contribution in [3.05, 3.63) is 102 Å². The van der Waals surface area contributed by atoms with E-state index in [4.69, 9.17) is 0 Å². The second kappa shape index (κ2) is 16.1. The van der Waals surface area contributed by atoms with Gasteiger partial charge < -0.3 is 15.3 Å². The van der Waals surface area contributed by atoms with Crippen molar-refractivity contribution in [1.82, 2.24) is 14.5 Å². The zero-order chi connectivity index (χ0) is 30.5. The van der Waals surface area contributed by atoms with Gasteiger partial charge in [0.05, 0.1) is 4.90 Å². The first kappa shape index (κ1) is 32.8. The predicted octanol–water partition coefficient (Wildman–Crippen LogP) is 5.72. The lowest BCUT2D eigenvalue weighted by Crippen LogP contribution is -2.46. The Morgan fingerprint density at radius 1 is 0.857 bits per heavy atom. The lowest BCUT2D eigenvalue weighted by molar-refractivity contribution is -0.141. The average molecular weight is 594 g/mol. The molecule has 0 aliphatic carbocycles. The number of rotatable bonds is 16. The molecule has 0 saturated carbocycles. The van der Waals surface area contributed by atoms with Gasteiger partial charge in [0.25, 0.3) is 0 Å². The SMILES string of the molecule is Cc1ccc(S(=O)(=O)N(CC(C)C)[C@@H](CCCCNC(=O)N(CCc2ccccc2)Cc2ccccc2)C(=O)O)cc1. The Morgan fingerprint density at radius 3 is 2.02 bits per heavy atom. The number of aliphatic carboxylic acids is 1. The van der Waals surface area contributed by atoms with Gasteiger partial charge in [0.1, 0.15) is 6.04 Å². The summed E-state index contributed by atoms with van der Waals surface area (Å²) in [5.74, 6) is -1.23. The Balaban J connectivity index is 1.60. The zero-order valence-corrected chi connectivity index (χ0v) is 25.6. The average Bonchev–Trinajstić information content (AvgIpc) is 2.97. The Kier molecular flexibility index (Phi) is 12.6. The summed E-state index contributed by atoms with van der Waals surface area (Å²) in [6.45, 7) is 7.08. The Bertz CT molecular complexity index is 1360. The van der Waals surface area contributed by atoms with Gasteiger partial charge >= 0.3 is 12.0 Å². The molecule has 1 atom stereocenters. The van der Waals surface area contributed by atoms with Crippen LogP contribution in [-0.2, 0) is 27.8 Å². The summed E-state index contributed by atoms with van der Waals surface area (Å²) in [6, 6.07) is 24.9. The van der Waals surface area contributed by atoms with Crippen molar-refractivity contribution < 1.29 is 23.1 Å². The number of amides is 2. The largest absolute Gasteiger partial charge is 0.480 e. The normalized spacial score (nSPS) is 12.3. The molecule has 3 rings (SSSR count). The number of sulfonamides is 1. The van der Waals surface area contributed by atoms with Crippen molar-refractivity contribution in [1.29, 1.82) is 0 Å². The maximum absolute atomic E-state index is 13.5. The number of carboxylic acid groups (broad SMARTS) is 1.